The molecule has 1 amide bonds. The van der Waals surface area contributed by atoms with Crippen molar-refractivity contribution in [3.05, 3.63) is 0 Å². The van der Waals surface area contributed by atoms with E-state index in [9.17, 15) is 21.6 Å². The van der Waals surface area contributed by atoms with Crippen molar-refractivity contribution in [2.24, 2.45) is 0 Å². The van der Waals surface area contributed by atoms with Crippen LogP contribution < -0.4 is 4.72 Å². The summed E-state index contributed by atoms with van der Waals surface area (Å²) in [5, 5.41) is 0. The molecule has 0 radical (unpaired) electrons. The van der Waals surface area contributed by atoms with Gasteiger partial charge >= 0.3 is 6.09 Å². The Morgan fingerprint density at radius 2 is 1.80 bits per heavy atom. The molecule has 1 heterocycles. The Kier molecular flexibility index (Phi) is 8.58. The Bertz CT molecular complexity index is 627. The van der Waals surface area contributed by atoms with E-state index in [0.29, 0.717) is 39.0 Å². The topological polar surface area (TPSA) is 113 Å². The standard InChI is InChI=1S/C14H29N3O6S2/c1-4-12-25(21,22)15-8-11-17(24(3,19)20)13-6-9-16(10-7-13)14(18)23-5-2/h13,15H,4-12H2,1-3H3. The molecule has 1 N–H and O–H groups in total. The molecule has 1 aliphatic rings. The smallest absolute Gasteiger partial charge is 0.409 e. The van der Waals surface area contributed by atoms with Gasteiger partial charge in [0, 0.05) is 32.2 Å². The third kappa shape index (κ3) is 7.47. The lowest BCUT2D eigenvalue weighted by atomic mass is 10.1. The molecule has 25 heavy (non-hydrogen) atoms. The molecule has 0 aromatic heterocycles. The predicted octanol–water partition coefficient (Wildman–Crippen LogP) is 0.198. The van der Waals surface area contributed by atoms with E-state index in [-0.39, 0.29) is 31.0 Å². The summed E-state index contributed by atoms with van der Waals surface area (Å²) in [4.78, 5) is 13.3. The van der Waals surface area contributed by atoms with Gasteiger partial charge in [0.25, 0.3) is 0 Å². The maximum absolute atomic E-state index is 12.1. The maximum Gasteiger partial charge on any atom is 0.409 e. The van der Waals surface area contributed by atoms with Crippen molar-refractivity contribution in [1.82, 2.24) is 13.9 Å². The normalized spacial score (nSPS) is 17.0. The van der Waals surface area contributed by atoms with Crippen LogP contribution in [0.15, 0.2) is 0 Å². The summed E-state index contributed by atoms with van der Waals surface area (Å²) in [5.74, 6) is 0.0177. The van der Waals surface area contributed by atoms with Crippen molar-refractivity contribution in [3.63, 3.8) is 0 Å². The number of hydrogen-bond donors (Lipinski definition) is 1. The van der Waals surface area contributed by atoms with Crippen LogP contribution in [0.2, 0.25) is 0 Å². The molecule has 0 aromatic carbocycles. The fraction of sp³-hybridized carbons (Fsp3) is 0.929. The van der Waals surface area contributed by atoms with Crippen molar-refractivity contribution >= 4 is 26.1 Å². The molecular weight excluding hydrogens is 370 g/mol. The van der Waals surface area contributed by atoms with Crippen LogP contribution in [0.5, 0.6) is 0 Å². The van der Waals surface area contributed by atoms with Crippen LogP contribution in [-0.2, 0) is 24.8 Å². The minimum atomic E-state index is -3.48. The van der Waals surface area contributed by atoms with Crippen molar-refractivity contribution in [3.8, 4) is 0 Å². The summed E-state index contributed by atoms with van der Waals surface area (Å²) in [6.45, 7) is 4.73. The first-order chi connectivity index (χ1) is 11.6. The second kappa shape index (κ2) is 9.70. The molecular formula is C14H29N3O6S2. The lowest BCUT2D eigenvalue weighted by Gasteiger charge is -2.36. The molecule has 1 rings (SSSR count). The SMILES string of the molecule is CCCS(=O)(=O)NCCN(C1CCN(C(=O)OCC)CC1)S(C)(=O)=O. The number of amides is 1. The van der Waals surface area contributed by atoms with E-state index >= 15 is 0 Å². The Morgan fingerprint density at radius 1 is 1.20 bits per heavy atom. The summed E-state index contributed by atoms with van der Waals surface area (Å²) >= 11 is 0. The molecule has 0 saturated carbocycles. The monoisotopic (exact) mass is 399 g/mol. The molecule has 0 aliphatic carbocycles. The van der Waals surface area contributed by atoms with E-state index in [1.807, 2.05) is 0 Å². The highest BCUT2D eigenvalue weighted by molar-refractivity contribution is 7.89. The molecule has 9 nitrogen and oxygen atoms in total. The van der Waals surface area contributed by atoms with Gasteiger partial charge in [-0.3, -0.25) is 0 Å². The van der Waals surface area contributed by atoms with Gasteiger partial charge in [-0.05, 0) is 26.2 Å². The third-order valence-corrected chi connectivity index (χ3v) is 6.87. The summed E-state index contributed by atoms with van der Waals surface area (Å²) in [6, 6.07) is -0.253. The van der Waals surface area contributed by atoms with Gasteiger partial charge in [-0.2, -0.15) is 4.31 Å². The summed E-state index contributed by atoms with van der Waals surface area (Å²) in [5.41, 5.74) is 0. The van der Waals surface area contributed by atoms with E-state index in [1.165, 1.54) is 4.31 Å². The number of ether oxygens (including phenoxy) is 1. The highest BCUT2D eigenvalue weighted by Crippen LogP contribution is 2.19. The molecule has 0 aromatic rings. The number of nitrogens with zero attached hydrogens (tertiary/aromatic N) is 2. The number of nitrogens with one attached hydrogen (secondary N) is 1. The molecule has 0 unspecified atom stereocenters. The fourth-order valence-electron chi connectivity index (χ4n) is 2.82. The highest BCUT2D eigenvalue weighted by Gasteiger charge is 2.31. The largest absolute Gasteiger partial charge is 0.450 e. The summed E-state index contributed by atoms with van der Waals surface area (Å²) < 4.78 is 56.2. The molecule has 1 aliphatic heterocycles. The summed E-state index contributed by atoms with van der Waals surface area (Å²) in [6.07, 6.45) is 2.21. The lowest BCUT2D eigenvalue weighted by molar-refractivity contribution is 0.0887. The van der Waals surface area contributed by atoms with Crippen molar-refractivity contribution in [2.45, 2.75) is 39.2 Å². The van der Waals surface area contributed by atoms with Gasteiger partial charge < -0.3 is 9.64 Å². The average Bonchev–Trinajstić information content (AvgIpc) is 2.51. The number of rotatable bonds is 9. The summed E-state index contributed by atoms with van der Waals surface area (Å²) in [7, 11) is -6.85. The van der Waals surface area contributed by atoms with Gasteiger partial charge in [-0.1, -0.05) is 6.92 Å². The zero-order valence-electron chi connectivity index (χ0n) is 15.1. The molecule has 1 saturated heterocycles. The van der Waals surface area contributed by atoms with Crippen LogP contribution in [0.3, 0.4) is 0 Å². The van der Waals surface area contributed by atoms with Crippen LogP contribution in [-0.4, -0.2) is 83.0 Å². The minimum Gasteiger partial charge on any atom is -0.450 e. The van der Waals surface area contributed by atoms with Crippen molar-refractivity contribution < 1.29 is 26.4 Å². The maximum atomic E-state index is 12.1. The van der Waals surface area contributed by atoms with Crippen LogP contribution >= 0.6 is 0 Å². The Balaban J connectivity index is 2.62. The molecule has 0 atom stereocenters. The average molecular weight is 400 g/mol. The van der Waals surface area contributed by atoms with Gasteiger partial charge in [-0.25, -0.2) is 26.4 Å². The van der Waals surface area contributed by atoms with Crippen molar-refractivity contribution in [2.75, 3.05) is 44.8 Å². The van der Waals surface area contributed by atoms with E-state index in [0.717, 1.165) is 6.26 Å². The number of carbonyl (C=O) groups is 1. The van der Waals surface area contributed by atoms with Gasteiger partial charge in [0.2, 0.25) is 20.0 Å². The fourth-order valence-corrected chi connectivity index (χ4v) is 5.08. The lowest BCUT2D eigenvalue weighted by Crippen LogP contribution is -2.50. The van der Waals surface area contributed by atoms with Gasteiger partial charge in [0.05, 0.1) is 18.6 Å². The van der Waals surface area contributed by atoms with Crippen molar-refractivity contribution in [1.29, 1.82) is 0 Å². The second-order valence-electron chi connectivity index (χ2n) is 6.00. The molecule has 148 valence electrons. The predicted molar refractivity (Wildman–Crippen MR) is 95.2 cm³/mol. The van der Waals surface area contributed by atoms with E-state index in [2.05, 4.69) is 4.72 Å². The number of hydrogen-bond acceptors (Lipinski definition) is 6. The Hall–Kier alpha value is -0.910. The highest BCUT2D eigenvalue weighted by atomic mass is 32.2. The first-order valence-corrected chi connectivity index (χ1v) is 12.0. The number of carbonyl (C=O) groups excluding carboxylic acids is 1. The minimum absolute atomic E-state index is 0.0177. The molecule has 1 fully saturated rings. The number of sulfonamides is 2. The van der Waals surface area contributed by atoms with Crippen LogP contribution in [0.4, 0.5) is 4.79 Å². The van der Waals surface area contributed by atoms with E-state index in [4.69, 9.17) is 4.74 Å². The zero-order valence-corrected chi connectivity index (χ0v) is 16.7. The Labute approximate surface area is 150 Å². The third-order valence-electron chi connectivity index (χ3n) is 3.95. The van der Waals surface area contributed by atoms with Gasteiger partial charge in [-0.15, -0.1) is 0 Å². The first-order valence-electron chi connectivity index (χ1n) is 8.46. The number of piperidine rings is 1. The van der Waals surface area contributed by atoms with Gasteiger partial charge in [0.15, 0.2) is 0 Å². The molecule has 0 bridgehead atoms. The van der Waals surface area contributed by atoms with Crippen LogP contribution in [0.1, 0.15) is 33.1 Å². The zero-order chi connectivity index (χ0) is 19.1. The van der Waals surface area contributed by atoms with E-state index in [1.54, 1.807) is 18.7 Å². The molecule has 0 spiro atoms. The van der Waals surface area contributed by atoms with Crippen LogP contribution in [0, 0.1) is 0 Å². The van der Waals surface area contributed by atoms with Gasteiger partial charge in [0.1, 0.15) is 0 Å². The second-order valence-corrected chi connectivity index (χ2v) is 9.87. The first kappa shape index (κ1) is 22.1. The number of likely N-dealkylation sites (tertiary alicyclic amines) is 1. The Morgan fingerprint density at radius 3 is 2.28 bits per heavy atom. The molecule has 11 heteroatoms. The quantitative estimate of drug-likeness (QED) is 0.592. The van der Waals surface area contributed by atoms with E-state index < -0.39 is 20.0 Å². The van der Waals surface area contributed by atoms with Crippen LogP contribution in [0.25, 0.3) is 0 Å².